The van der Waals surface area contributed by atoms with Crippen molar-refractivity contribution in [1.82, 2.24) is 34.3 Å². The quantitative estimate of drug-likeness (QED) is 0.239. The van der Waals surface area contributed by atoms with E-state index in [9.17, 15) is 14.0 Å². The first-order chi connectivity index (χ1) is 21.1. The Balaban J connectivity index is 1.48. The van der Waals surface area contributed by atoms with Crippen LogP contribution in [-0.4, -0.2) is 40.2 Å². The highest BCUT2D eigenvalue weighted by Gasteiger charge is 2.26. The Kier molecular flexibility index (Phi) is 8.08. The van der Waals surface area contributed by atoms with E-state index in [-0.39, 0.29) is 28.3 Å². The van der Waals surface area contributed by atoms with E-state index in [1.165, 1.54) is 22.5 Å². The largest absolute Gasteiger partial charge is 0.350 e. The van der Waals surface area contributed by atoms with E-state index in [1.807, 2.05) is 30.8 Å². The van der Waals surface area contributed by atoms with Gasteiger partial charge in [-0.05, 0) is 50.1 Å². The molecule has 5 aromatic rings. The van der Waals surface area contributed by atoms with Crippen molar-refractivity contribution in [3.63, 3.8) is 0 Å². The normalized spacial score (nSPS) is 17.7. The summed E-state index contributed by atoms with van der Waals surface area (Å²) < 4.78 is 19.3. The summed E-state index contributed by atoms with van der Waals surface area (Å²) >= 11 is 12.4. The van der Waals surface area contributed by atoms with Crippen molar-refractivity contribution in [2.45, 2.75) is 45.3 Å². The highest BCUT2D eigenvalue weighted by Crippen LogP contribution is 2.36. The molecule has 0 fully saturated rings. The highest BCUT2D eigenvalue weighted by molar-refractivity contribution is 6.31. The van der Waals surface area contributed by atoms with Gasteiger partial charge in [-0.1, -0.05) is 41.8 Å². The van der Waals surface area contributed by atoms with Crippen LogP contribution in [0.1, 0.15) is 56.6 Å². The van der Waals surface area contributed by atoms with Crippen molar-refractivity contribution in [3.8, 4) is 28.2 Å². The number of carbonyl (C=O) groups is 1. The number of hydrogen-bond donors (Lipinski definition) is 1. The van der Waals surface area contributed by atoms with E-state index in [0.29, 0.717) is 69.4 Å². The highest BCUT2D eigenvalue weighted by atomic mass is 35.5. The number of fused-ring (bicyclic) bond motifs is 4. The molecule has 226 valence electrons. The lowest BCUT2D eigenvalue weighted by molar-refractivity contribution is -0.119. The molecule has 1 aliphatic heterocycles. The molecule has 0 saturated heterocycles. The second-order valence-corrected chi connectivity index (χ2v) is 11.8. The number of amides is 1. The number of alkyl halides is 1. The summed E-state index contributed by atoms with van der Waals surface area (Å²) in [4.78, 5) is 31.6. The number of aromatic nitrogens is 7. The number of hydrogen-bond acceptors (Lipinski definition) is 6. The molecule has 3 unspecified atom stereocenters. The third-order valence-corrected chi connectivity index (χ3v) is 8.37. The second kappa shape index (κ2) is 12.0. The molecule has 1 aromatic carbocycles. The Morgan fingerprint density at radius 1 is 1.09 bits per heavy atom. The van der Waals surface area contributed by atoms with Crippen molar-refractivity contribution in [3.05, 3.63) is 92.8 Å². The van der Waals surface area contributed by atoms with Crippen molar-refractivity contribution in [2.75, 3.05) is 5.32 Å². The zero-order valence-electron chi connectivity index (χ0n) is 24.2. The number of anilines is 1. The molecule has 13 heteroatoms. The van der Waals surface area contributed by atoms with Crippen LogP contribution in [0.2, 0.25) is 10.2 Å². The molecule has 1 amide bonds. The van der Waals surface area contributed by atoms with Crippen LogP contribution >= 0.6 is 23.2 Å². The van der Waals surface area contributed by atoms with Gasteiger partial charge in [0.15, 0.2) is 16.9 Å². The van der Waals surface area contributed by atoms with Gasteiger partial charge in [0, 0.05) is 64.8 Å². The smallest absolute Gasteiger partial charge is 0.227 e. The van der Waals surface area contributed by atoms with Crippen LogP contribution < -0.4 is 10.7 Å². The monoisotopic (exact) mass is 634 g/mol. The third-order valence-electron chi connectivity index (χ3n) is 7.97. The fourth-order valence-corrected chi connectivity index (χ4v) is 6.03. The lowest BCUT2D eigenvalue weighted by Crippen LogP contribution is -2.22. The number of rotatable bonds is 4. The average Bonchev–Trinajstić information content (AvgIpc) is 3.62. The van der Waals surface area contributed by atoms with Gasteiger partial charge in [0.1, 0.15) is 0 Å². The van der Waals surface area contributed by atoms with Crippen LogP contribution in [0, 0.1) is 5.92 Å². The van der Waals surface area contributed by atoms with Crippen molar-refractivity contribution in [1.29, 1.82) is 0 Å². The Bertz CT molecular complexity index is 1930. The van der Waals surface area contributed by atoms with E-state index < -0.39 is 6.30 Å². The lowest BCUT2D eigenvalue weighted by atomic mass is 9.87. The Morgan fingerprint density at radius 2 is 1.91 bits per heavy atom. The SMILES string of the molecule is CC1CCCC(c2cn(C)c(-c3cc(Cl)ccc3-n3cc(Cl)nn3)cc2=O)c2cc(ccn2)-c2c(cnn2C(C)F)NC1=O. The predicted octanol–water partition coefficient (Wildman–Crippen LogP) is 6.58. The fraction of sp³-hybridized carbons (Fsp3) is 0.290. The summed E-state index contributed by atoms with van der Waals surface area (Å²) in [6.45, 7) is 3.24. The molecular formula is C31H29Cl2FN8O2. The van der Waals surface area contributed by atoms with Crippen LogP contribution in [0.3, 0.4) is 0 Å². The summed E-state index contributed by atoms with van der Waals surface area (Å²) in [5, 5.41) is 15.8. The summed E-state index contributed by atoms with van der Waals surface area (Å²) in [7, 11) is 1.86. The minimum atomic E-state index is -1.43. The molecule has 0 saturated carbocycles. The standard InChI is InChI=1S/C31H29Cl2FN8O2/c1-17-5-4-6-21(24-11-19(9-10-35-24)30-25(37-31(17)44)14-36-42(30)18(2)34)23-15-40(3)27(13-28(23)43)22-12-20(32)7-8-26(22)41-16-29(33)38-39-41/h7-18,21H,4-6H2,1-3H3,(H,37,44). The first-order valence-electron chi connectivity index (χ1n) is 14.2. The van der Waals surface area contributed by atoms with Gasteiger partial charge in [-0.2, -0.15) is 5.10 Å². The molecule has 0 aliphatic carbocycles. The minimum Gasteiger partial charge on any atom is -0.350 e. The van der Waals surface area contributed by atoms with E-state index in [1.54, 1.807) is 42.7 Å². The third kappa shape index (κ3) is 5.65. The summed E-state index contributed by atoms with van der Waals surface area (Å²) in [6.07, 6.45) is 6.91. The Labute approximate surface area is 262 Å². The summed E-state index contributed by atoms with van der Waals surface area (Å²) in [5.74, 6) is -0.861. The van der Waals surface area contributed by atoms with E-state index >= 15 is 0 Å². The maximum atomic E-state index is 14.6. The first-order valence-corrected chi connectivity index (χ1v) is 14.9. The van der Waals surface area contributed by atoms with Gasteiger partial charge in [-0.15, -0.1) is 5.10 Å². The number of aryl methyl sites for hydroxylation is 1. The Hall–Kier alpha value is -4.35. The maximum Gasteiger partial charge on any atom is 0.227 e. The number of nitrogens with one attached hydrogen (secondary N) is 1. The zero-order chi connectivity index (χ0) is 31.1. The van der Waals surface area contributed by atoms with Crippen molar-refractivity contribution < 1.29 is 9.18 Å². The molecule has 10 nitrogen and oxygen atoms in total. The molecular weight excluding hydrogens is 606 g/mol. The molecule has 44 heavy (non-hydrogen) atoms. The molecule has 1 aliphatic rings. The predicted molar refractivity (Wildman–Crippen MR) is 167 cm³/mol. The van der Waals surface area contributed by atoms with E-state index in [0.717, 1.165) is 0 Å². The van der Waals surface area contributed by atoms with Crippen molar-refractivity contribution in [2.24, 2.45) is 13.0 Å². The molecule has 5 heterocycles. The number of benzene rings is 1. The molecule has 4 aromatic heterocycles. The molecule has 3 atom stereocenters. The van der Waals surface area contributed by atoms with E-state index in [4.69, 9.17) is 23.2 Å². The molecule has 1 N–H and O–H groups in total. The first kappa shape index (κ1) is 29.7. The van der Waals surface area contributed by atoms with Gasteiger partial charge in [-0.25, -0.2) is 13.8 Å². The summed E-state index contributed by atoms with van der Waals surface area (Å²) in [5.41, 5.74) is 4.47. The molecule has 6 rings (SSSR count). The number of pyridine rings is 2. The van der Waals surface area contributed by atoms with Gasteiger partial charge < -0.3 is 9.88 Å². The fourth-order valence-electron chi connectivity index (χ4n) is 5.73. The van der Waals surface area contributed by atoms with Crippen LogP contribution in [0.15, 0.2) is 66.0 Å². The second-order valence-electron chi connectivity index (χ2n) is 11.0. The van der Waals surface area contributed by atoms with Gasteiger partial charge in [0.2, 0.25) is 5.91 Å². The number of nitrogens with zero attached hydrogens (tertiary/aromatic N) is 7. The van der Waals surface area contributed by atoms with Gasteiger partial charge >= 0.3 is 0 Å². The van der Waals surface area contributed by atoms with Crippen LogP contribution in [0.5, 0.6) is 0 Å². The van der Waals surface area contributed by atoms with Crippen LogP contribution in [0.4, 0.5) is 10.1 Å². The van der Waals surface area contributed by atoms with Gasteiger partial charge in [0.25, 0.3) is 0 Å². The van der Waals surface area contributed by atoms with Crippen LogP contribution in [-0.2, 0) is 11.8 Å². The molecule has 2 bridgehead atoms. The van der Waals surface area contributed by atoms with Gasteiger partial charge in [-0.3, -0.25) is 14.6 Å². The number of carbonyl (C=O) groups excluding carboxylic acids is 1. The maximum absolute atomic E-state index is 14.6. The number of halogens is 3. The zero-order valence-corrected chi connectivity index (χ0v) is 25.7. The van der Waals surface area contributed by atoms with Crippen LogP contribution in [0.25, 0.3) is 28.2 Å². The molecule has 0 spiro atoms. The van der Waals surface area contributed by atoms with Gasteiger partial charge in [0.05, 0.1) is 35.2 Å². The van der Waals surface area contributed by atoms with E-state index in [2.05, 4.69) is 25.7 Å². The minimum absolute atomic E-state index is 0.171. The molecule has 0 radical (unpaired) electrons. The topological polar surface area (TPSA) is 113 Å². The lowest BCUT2D eigenvalue weighted by Gasteiger charge is -2.22. The summed E-state index contributed by atoms with van der Waals surface area (Å²) in [6, 6.07) is 10.5. The average molecular weight is 636 g/mol. The Morgan fingerprint density at radius 3 is 2.66 bits per heavy atom. The van der Waals surface area contributed by atoms with Crippen molar-refractivity contribution >= 4 is 34.8 Å².